The second kappa shape index (κ2) is 5.14. The van der Waals surface area contributed by atoms with Crippen LogP contribution in [0.2, 0.25) is 0 Å². The van der Waals surface area contributed by atoms with Crippen LogP contribution in [0.5, 0.6) is 0 Å². The molecule has 0 unspecified atom stereocenters. The molecule has 3 heteroatoms. The average Bonchev–Trinajstić information content (AvgIpc) is 2.96. The summed E-state index contributed by atoms with van der Waals surface area (Å²) in [6.45, 7) is 6.59. The molecule has 1 aliphatic carbocycles. The summed E-state index contributed by atoms with van der Waals surface area (Å²) in [5, 5.41) is 13.5. The van der Waals surface area contributed by atoms with Gasteiger partial charge in [-0.15, -0.1) is 0 Å². The van der Waals surface area contributed by atoms with Crippen LogP contribution in [0, 0.1) is 17.2 Å². The van der Waals surface area contributed by atoms with Crippen LogP contribution in [0.1, 0.15) is 64.5 Å². The Hall–Kier alpha value is -1.30. The molecule has 0 aromatic carbocycles. The van der Waals surface area contributed by atoms with Gasteiger partial charge < -0.3 is 0 Å². The van der Waals surface area contributed by atoms with Crippen LogP contribution in [0.25, 0.3) is 0 Å². The van der Waals surface area contributed by atoms with Gasteiger partial charge in [0.05, 0.1) is 24.7 Å². The zero-order chi connectivity index (χ0) is 13.2. The van der Waals surface area contributed by atoms with E-state index in [0.29, 0.717) is 12.3 Å². The Labute approximate surface area is 110 Å². The number of aromatic nitrogens is 2. The van der Waals surface area contributed by atoms with E-state index in [1.165, 1.54) is 31.2 Å². The minimum Gasteiger partial charge on any atom is -0.268 e. The Balaban J connectivity index is 2.20. The summed E-state index contributed by atoms with van der Waals surface area (Å²) >= 11 is 0. The minimum absolute atomic E-state index is 0.130. The molecular formula is C15H23N3. The number of nitrogens with zero attached hydrogens (tertiary/aromatic N) is 3. The van der Waals surface area contributed by atoms with Gasteiger partial charge in [0.25, 0.3) is 0 Å². The van der Waals surface area contributed by atoms with Crippen molar-refractivity contribution < 1.29 is 0 Å². The van der Waals surface area contributed by atoms with E-state index in [0.717, 1.165) is 0 Å². The second-order valence-electron chi connectivity index (χ2n) is 6.43. The lowest BCUT2D eigenvalue weighted by Crippen LogP contribution is -2.18. The number of hydrogen-bond donors (Lipinski definition) is 0. The van der Waals surface area contributed by atoms with Crippen LogP contribution in [-0.4, -0.2) is 9.78 Å². The first-order valence-electron chi connectivity index (χ1n) is 6.94. The molecule has 0 amide bonds. The Bertz CT molecular complexity index is 427. The highest BCUT2D eigenvalue weighted by Crippen LogP contribution is 2.36. The van der Waals surface area contributed by atoms with Crippen molar-refractivity contribution in [3.8, 4) is 6.07 Å². The summed E-state index contributed by atoms with van der Waals surface area (Å²) in [5.74, 6) is 0.636. The molecule has 98 valence electrons. The molecule has 2 rings (SSSR count). The van der Waals surface area contributed by atoms with Crippen LogP contribution in [0.3, 0.4) is 0 Å². The molecule has 0 saturated heterocycles. The molecule has 0 spiro atoms. The first-order valence-corrected chi connectivity index (χ1v) is 6.94. The van der Waals surface area contributed by atoms with Gasteiger partial charge in [0.1, 0.15) is 0 Å². The van der Waals surface area contributed by atoms with Crippen molar-refractivity contribution in [2.24, 2.45) is 5.92 Å². The third-order valence-corrected chi connectivity index (χ3v) is 4.05. The van der Waals surface area contributed by atoms with E-state index >= 15 is 0 Å². The molecule has 1 aromatic rings. The zero-order valence-corrected chi connectivity index (χ0v) is 11.7. The molecule has 0 radical (unpaired) electrons. The SMILES string of the molecule is CC(C)(C)c1cnn([C@@H](CC#N)C2CCCC2)c1. The molecular weight excluding hydrogens is 222 g/mol. The summed E-state index contributed by atoms with van der Waals surface area (Å²) in [5.41, 5.74) is 1.38. The topological polar surface area (TPSA) is 41.6 Å². The lowest BCUT2D eigenvalue weighted by molar-refractivity contribution is 0.314. The molecule has 0 N–H and O–H groups in total. The summed E-state index contributed by atoms with van der Waals surface area (Å²) in [6, 6.07) is 2.60. The van der Waals surface area contributed by atoms with E-state index in [1.807, 2.05) is 10.9 Å². The normalized spacial score (nSPS) is 18.8. The van der Waals surface area contributed by atoms with E-state index in [4.69, 9.17) is 5.26 Å². The van der Waals surface area contributed by atoms with Crippen molar-refractivity contribution >= 4 is 0 Å². The quantitative estimate of drug-likeness (QED) is 0.812. The lowest BCUT2D eigenvalue weighted by Gasteiger charge is -2.22. The van der Waals surface area contributed by atoms with Crippen molar-refractivity contribution in [3.63, 3.8) is 0 Å². The largest absolute Gasteiger partial charge is 0.268 e. The molecule has 3 nitrogen and oxygen atoms in total. The molecule has 0 bridgehead atoms. The maximum Gasteiger partial charge on any atom is 0.0677 e. The maximum atomic E-state index is 9.03. The molecule has 1 aliphatic rings. The summed E-state index contributed by atoms with van der Waals surface area (Å²) in [7, 11) is 0. The molecule has 1 aromatic heterocycles. The highest BCUT2D eigenvalue weighted by atomic mass is 15.3. The first-order chi connectivity index (χ1) is 8.52. The van der Waals surface area contributed by atoms with Crippen LogP contribution in [0.4, 0.5) is 0 Å². The predicted molar refractivity (Wildman–Crippen MR) is 72.2 cm³/mol. The van der Waals surface area contributed by atoms with Crippen LogP contribution < -0.4 is 0 Å². The van der Waals surface area contributed by atoms with E-state index in [1.54, 1.807) is 0 Å². The van der Waals surface area contributed by atoms with Gasteiger partial charge >= 0.3 is 0 Å². The Morgan fingerprint density at radius 3 is 2.61 bits per heavy atom. The van der Waals surface area contributed by atoms with E-state index < -0.39 is 0 Å². The van der Waals surface area contributed by atoms with Crippen molar-refractivity contribution in [1.29, 1.82) is 5.26 Å². The van der Waals surface area contributed by atoms with Crippen molar-refractivity contribution in [2.75, 3.05) is 0 Å². The molecule has 1 heterocycles. The predicted octanol–water partition coefficient (Wildman–Crippen LogP) is 3.83. The van der Waals surface area contributed by atoms with Gasteiger partial charge in [0.15, 0.2) is 0 Å². The average molecular weight is 245 g/mol. The molecule has 18 heavy (non-hydrogen) atoms. The summed E-state index contributed by atoms with van der Waals surface area (Å²) in [4.78, 5) is 0. The molecule has 0 aliphatic heterocycles. The Morgan fingerprint density at radius 2 is 2.11 bits per heavy atom. The maximum absolute atomic E-state index is 9.03. The number of nitriles is 1. The van der Waals surface area contributed by atoms with Crippen molar-refractivity contribution in [1.82, 2.24) is 9.78 Å². The van der Waals surface area contributed by atoms with Gasteiger partial charge in [-0.2, -0.15) is 10.4 Å². The van der Waals surface area contributed by atoms with Crippen LogP contribution in [-0.2, 0) is 5.41 Å². The van der Waals surface area contributed by atoms with Gasteiger partial charge in [0, 0.05) is 6.20 Å². The van der Waals surface area contributed by atoms with Crippen LogP contribution >= 0.6 is 0 Å². The van der Waals surface area contributed by atoms with E-state index in [9.17, 15) is 0 Å². The van der Waals surface area contributed by atoms with Crippen molar-refractivity contribution in [3.05, 3.63) is 18.0 Å². The van der Waals surface area contributed by atoms with Gasteiger partial charge in [-0.3, -0.25) is 4.68 Å². The fourth-order valence-corrected chi connectivity index (χ4v) is 2.82. The Morgan fingerprint density at radius 1 is 1.44 bits per heavy atom. The molecule has 1 saturated carbocycles. The van der Waals surface area contributed by atoms with Crippen molar-refractivity contribution in [2.45, 2.75) is 64.3 Å². The zero-order valence-electron chi connectivity index (χ0n) is 11.7. The number of hydrogen-bond acceptors (Lipinski definition) is 2. The number of rotatable bonds is 3. The fraction of sp³-hybridized carbons (Fsp3) is 0.733. The van der Waals surface area contributed by atoms with Gasteiger partial charge in [-0.1, -0.05) is 33.6 Å². The van der Waals surface area contributed by atoms with Gasteiger partial charge in [0.2, 0.25) is 0 Å². The Kier molecular flexibility index (Phi) is 3.75. The monoisotopic (exact) mass is 245 g/mol. The smallest absolute Gasteiger partial charge is 0.0677 e. The van der Waals surface area contributed by atoms with Gasteiger partial charge in [-0.05, 0) is 29.7 Å². The van der Waals surface area contributed by atoms with Gasteiger partial charge in [-0.25, -0.2) is 0 Å². The molecule has 1 atom stereocenters. The van der Waals surface area contributed by atoms with E-state index in [2.05, 4.69) is 38.1 Å². The summed E-state index contributed by atoms with van der Waals surface area (Å²) < 4.78 is 2.04. The molecule has 1 fully saturated rings. The minimum atomic E-state index is 0.130. The fourth-order valence-electron chi connectivity index (χ4n) is 2.82. The third kappa shape index (κ3) is 2.75. The highest BCUT2D eigenvalue weighted by molar-refractivity contribution is 5.15. The van der Waals surface area contributed by atoms with E-state index in [-0.39, 0.29) is 11.5 Å². The third-order valence-electron chi connectivity index (χ3n) is 4.05. The van der Waals surface area contributed by atoms with Crippen LogP contribution in [0.15, 0.2) is 12.4 Å². The lowest BCUT2D eigenvalue weighted by atomic mass is 9.89. The summed E-state index contributed by atoms with van der Waals surface area (Å²) in [6.07, 6.45) is 9.78. The first kappa shape index (κ1) is 13.1. The second-order valence-corrected chi connectivity index (χ2v) is 6.43. The highest BCUT2D eigenvalue weighted by Gasteiger charge is 2.27. The standard InChI is InChI=1S/C15H23N3/c1-15(2,3)13-10-17-18(11-13)14(8-9-16)12-6-4-5-7-12/h10-12,14H,4-8H2,1-3H3/t14-/m0/s1.